The molecule has 3 unspecified atom stereocenters. The summed E-state index contributed by atoms with van der Waals surface area (Å²) in [5, 5.41) is 16.4. The first-order valence-electron chi connectivity index (χ1n) is 13.5. The number of rotatable bonds is 8. The smallest absolute Gasteiger partial charge is 0.248 e. The van der Waals surface area contributed by atoms with Crippen LogP contribution >= 0.6 is 11.8 Å². The fourth-order valence-corrected chi connectivity index (χ4v) is 9.25. The Labute approximate surface area is 228 Å². The number of fused-ring (bicyclic) bond motifs is 1. The number of likely N-dealkylation sites (tertiary alicyclic amines) is 1. The Morgan fingerprint density at radius 3 is 2.58 bits per heavy atom. The van der Waals surface area contributed by atoms with Crippen molar-refractivity contribution < 1.29 is 19.5 Å². The standard InChI is InChI=1S/C30H37N3O4S/c1-5-21(16-34)33-26(28(36)32-22-13-17(2)11-12-18(22)3)30-19(4)14-23(38-30)24(25(30)29(33)37)27(35)31-15-20-9-7-6-8-10-20/h6-13,19,21,23-26,34H,5,14-16H2,1-4H3,(H,31,35)(H,32,36)/t19?,21-,23+,24-,25-,26?,30?/m0/s1. The molecule has 3 aliphatic rings. The fraction of sp³-hybridized carbons (Fsp3) is 0.500. The molecule has 2 aromatic rings. The number of benzene rings is 2. The van der Waals surface area contributed by atoms with Gasteiger partial charge >= 0.3 is 0 Å². The zero-order valence-corrected chi connectivity index (χ0v) is 23.3. The minimum atomic E-state index is -0.770. The third-order valence-corrected chi connectivity index (χ3v) is 10.8. The molecule has 2 bridgehead atoms. The molecule has 3 amide bonds. The first-order chi connectivity index (χ1) is 18.2. The van der Waals surface area contributed by atoms with Gasteiger partial charge in [-0.1, -0.05) is 56.3 Å². The number of hydrogen-bond donors (Lipinski definition) is 3. The fourth-order valence-electron chi connectivity index (χ4n) is 6.84. The molecule has 8 heteroatoms. The van der Waals surface area contributed by atoms with Gasteiger partial charge in [0.2, 0.25) is 17.7 Å². The number of thioether (sulfide) groups is 1. The lowest BCUT2D eigenvalue weighted by Gasteiger charge is -2.40. The Kier molecular flexibility index (Phi) is 7.31. The highest BCUT2D eigenvalue weighted by Gasteiger charge is 2.76. The molecule has 3 heterocycles. The predicted octanol–water partition coefficient (Wildman–Crippen LogP) is 3.67. The quantitative estimate of drug-likeness (QED) is 0.479. The van der Waals surface area contributed by atoms with E-state index in [4.69, 9.17) is 0 Å². The molecule has 2 aromatic carbocycles. The lowest BCUT2D eigenvalue weighted by molar-refractivity contribution is -0.142. The Morgan fingerprint density at radius 1 is 1.16 bits per heavy atom. The van der Waals surface area contributed by atoms with Crippen LogP contribution in [0.15, 0.2) is 48.5 Å². The third-order valence-electron chi connectivity index (χ3n) is 8.77. The van der Waals surface area contributed by atoms with E-state index in [9.17, 15) is 19.5 Å². The molecule has 3 fully saturated rings. The van der Waals surface area contributed by atoms with Gasteiger partial charge in [0, 0.05) is 17.5 Å². The molecule has 0 radical (unpaired) electrons. The maximum atomic E-state index is 14.2. The lowest BCUT2D eigenvalue weighted by atomic mass is 9.66. The topological polar surface area (TPSA) is 98.7 Å². The summed E-state index contributed by atoms with van der Waals surface area (Å²) in [6.07, 6.45) is 1.29. The summed E-state index contributed by atoms with van der Waals surface area (Å²) in [5.74, 6) is -1.61. The van der Waals surface area contributed by atoms with Crippen LogP contribution in [0.25, 0.3) is 0 Å². The largest absolute Gasteiger partial charge is 0.394 e. The van der Waals surface area contributed by atoms with Gasteiger partial charge in [-0.05, 0) is 55.4 Å². The van der Waals surface area contributed by atoms with E-state index in [1.165, 1.54) is 0 Å². The highest BCUT2D eigenvalue weighted by molar-refractivity contribution is 8.02. The molecule has 0 saturated carbocycles. The first kappa shape index (κ1) is 26.8. The van der Waals surface area contributed by atoms with Gasteiger partial charge in [-0.3, -0.25) is 14.4 Å². The Hall–Kier alpha value is -2.84. The molecule has 7 atom stereocenters. The SMILES string of the molecule is CC[C@@H](CO)N1C(=O)[C@@H]2[C@@H](C(=O)NCc3ccccc3)[C@H]3CC(C)C2(S3)C1C(=O)Nc1cc(C)ccc1C. The average Bonchev–Trinajstić information content (AvgIpc) is 3.50. The number of aryl methyl sites for hydroxylation is 2. The molecular weight excluding hydrogens is 498 g/mol. The van der Waals surface area contributed by atoms with Crippen molar-refractivity contribution in [2.24, 2.45) is 17.8 Å². The first-order valence-corrected chi connectivity index (χ1v) is 14.4. The molecule has 3 aliphatic heterocycles. The Bertz CT molecular complexity index is 1230. The van der Waals surface area contributed by atoms with Gasteiger partial charge in [0.15, 0.2) is 0 Å². The third kappa shape index (κ3) is 4.22. The zero-order valence-electron chi connectivity index (χ0n) is 22.4. The van der Waals surface area contributed by atoms with Gasteiger partial charge in [0.25, 0.3) is 0 Å². The minimum absolute atomic E-state index is 0.0258. The lowest BCUT2D eigenvalue weighted by Crippen LogP contribution is -2.57. The van der Waals surface area contributed by atoms with Crippen molar-refractivity contribution in [3.05, 3.63) is 65.2 Å². The van der Waals surface area contributed by atoms with E-state index in [1.807, 2.05) is 69.3 Å². The molecule has 1 spiro atoms. The second kappa shape index (κ2) is 10.4. The van der Waals surface area contributed by atoms with E-state index in [2.05, 4.69) is 17.6 Å². The molecule has 0 aromatic heterocycles. The summed E-state index contributed by atoms with van der Waals surface area (Å²) < 4.78 is -0.721. The van der Waals surface area contributed by atoms with E-state index in [-0.39, 0.29) is 35.5 Å². The van der Waals surface area contributed by atoms with Gasteiger partial charge in [0.1, 0.15) is 6.04 Å². The number of aliphatic hydroxyl groups excluding tert-OH is 1. The summed E-state index contributed by atoms with van der Waals surface area (Å²) in [6.45, 7) is 8.10. The highest BCUT2D eigenvalue weighted by Crippen LogP contribution is 2.68. The number of carbonyl (C=O) groups is 3. The van der Waals surface area contributed by atoms with Crippen LogP contribution in [0.4, 0.5) is 5.69 Å². The van der Waals surface area contributed by atoms with Crippen molar-refractivity contribution in [1.29, 1.82) is 0 Å². The van der Waals surface area contributed by atoms with E-state index in [1.54, 1.807) is 16.7 Å². The normalized spacial score (nSPS) is 30.3. The second-order valence-corrected chi connectivity index (χ2v) is 12.6. The zero-order chi connectivity index (χ0) is 27.2. The van der Waals surface area contributed by atoms with Crippen LogP contribution in [0, 0.1) is 31.6 Å². The number of aliphatic hydroxyl groups is 1. The Morgan fingerprint density at radius 2 is 1.89 bits per heavy atom. The molecule has 3 N–H and O–H groups in total. The van der Waals surface area contributed by atoms with Crippen LogP contribution in [-0.2, 0) is 20.9 Å². The van der Waals surface area contributed by atoms with E-state index < -0.39 is 28.7 Å². The summed E-state index contributed by atoms with van der Waals surface area (Å²) in [4.78, 5) is 43.6. The van der Waals surface area contributed by atoms with Crippen LogP contribution in [0.2, 0.25) is 0 Å². The van der Waals surface area contributed by atoms with E-state index >= 15 is 0 Å². The molecule has 3 saturated heterocycles. The van der Waals surface area contributed by atoms with Gasteiger partial charge in [-0.2, -0.15) is 0 Å². The van der Waals surface area contributed by atoms with Crippen LogP contribution in [-0.4, -0.2) is 56.4 Å². The molecular formula is C30H37N3O4S. The van der Waals surface area contributed by atoms with Crippen LogP contribution in [0.3, 0.4) is 0 Å². The molecule has 5 rings (SSSR count). The van der Waals surface area contributed by atoms with Gasteiger partial charge < -0.3 is 20.6 Å². The molecule has 202 valence electrons. The summed E-state index contributed by atoms with van der Waals surface area (Å²) in [6, 6.07) is 14.4. The minimum Gasteiger partial charge on any atom is -0.394 e. The number of nitrogens with one attached hydrogen (secondary N) is 2. The number of hydrogen-bond acceptors (Lipinski definition) is 5. The Balaban J connectivity index is 1.50. The molecule has 38 heavy (non-hydrogen) atoms. The van der Waals surface area contributed by atoms with Crippen LogP contribution in [0.5, 0.6) is 0 Å². The number of amides is 3. The maximum Gasteiger partial charge on any atom is 0.248 e. The monoisotopic (exact) mass is 535 g/mol. The van der Waals surface area contributed by atoms with Crippen LogP contribution < -0.4 is 10.6 Å². The number of nitrogens with zero attached hydrogens (tertiary/aromatic N) is 1. The second-order valence-electron chi connectivity index (χ2n) is 11.1. The highest BCUT2D eigenvalue weighted by atomic mass is 32.2. The number of anilines is 1. The maximum absolute atomic E-state index is 14.2. The van der Waals surface area contributed by atoms with Crippen molar-refractivity contribution in [2.75, 3.05) is 11.9 Å². The van der Waals surface area contributed by atoms with Crippen molar-refractivity contribution in [3.63, 3.8) is 0 Å². The summed E-state index contributed by atoms with van der Waals surface area (Å²) >= 11 is 1.65. The molecule has 7 nitrogen and oxygen atoms in total. The van der Waals surface area contributed by atoms with Crippen molar-refractivity contribution in [2.45, 2.75) is 69.2 Å². The summed E-state index contributed by atoms with van der Waals surface area (Å²) in [5.41, 5.74) is 3.69. The van der Waals surface area contributed by atoms with Crippen molar-refractivity contribution >= 4 is 35.2 Å². The van der Waals surface area contributed by atoms with Gasteiger partial charge in [-0.25, -0.2) is 0 Å². The number of carbonyl (C=O) groups excluding carboxylic acids is 3. The van der Waals surface area contributed by atoms with E-state index in [0.717, 1.165) is 28.8 Å². The average molecular weight is 536 g/mol. The molecule has 0 aliphatic carbocycles. The van der Waals surface area contributed by atoms with Crippen LogP contribution in [0.1, 0.15) is 43.4 Å². The van der Waals surface area contributed by atoms with Crippen molar-refractivity contribution in [1.82, 2.24) is 10.2 Å². The van der Waals surface area contributed by atoms with E-state index in [0.29, 0.717) is 13.0 Å². The predicted molar refractivity (Wildman–Crippen MR) is 150 cm³/mol. The summed E-state index contributed by atoms with van der Waals surface area (Å²) in [7, 11) is 0. The van der Waals surface area contributed by atoms with Crippen molar-refractivity contribution in [3.8, 4) is 0 Å². The van der Waals surface area contributed by atoms with Gasteiger partial charge in [-0.15, -0.1) is 11.8 Å². The van der Waals surface area contributed by atoms with Gasteiger partial charge in [0.05, 0.1) is 29.2 Å².